The van der Waals surface area contributed by atoms with Gasteiger partial charge in [-0.25, -0.2) is 0 Å². The molecule has 1 aliphatic carbocycles. The summed E-state index contributed by atoms with van der Waals surface area (Å²) in [5.41, 5.74) is 3.71. The van der Waals surface area contributed by atoms with Gasteiger partial charge in [-0.3, -0.25) is 9.78 Å². The summed E-state index contributed by atoms with van der Waals surface area (Å²) in [5, 5.41) is 3.35. The Balaban J connectivity index is 1.56. The molecule has 1 N–H and O–H groups in total. The van der Waals surface area contributed by atoms with E-state index in [1.54, 1.807) is 6.20 Å². The van der Waals surface area contributed by atoms with Crippen LogP contribution in [0.4, 0.5) is 0 Å². The first-order valence-electron chi connectivity index (χ1n) is 7.74. The van der Waals surface area contributed by atoms with Crippen LogP contribution in [0, 0.1) is 5.41 Å². The fraction of sp³-hybridized carbons (Fsp3) is 0.625. The molecule has 4 rings (SSSR count). The van der Waals surface area contributed by atoms with E-state index in [0.29, 0.717) is 11.1 Å². The summed E-state index contributed by atoms with van der Waals surface area (Å²) in [6.45, 7) is 3.61. The van der Waals surface area contributed by atoms with Gasteiger partial charge in [0, 0.05) is 31.4 Å². The topological polar surface area (TPSA) is 45.2 Å². The number of fused-ring (bicyclic) bond motifs is 1. The minimum Gasteiger partial charge on any atom is -0.337 e. The van der Waals surface area contributed by atoms with Gasteiger partial charge in [0.25, 0.3) is 5.91 Å². The molecule has 3 heterocycles. The molecule has 0 unspecified atom stereocenters. The number of hydrogen-bond acceptors (Lipinski definition) is 3. The zero-order chi connectivity index (χ0) is 13.6. The lowest BCUT2D eigenvalue weighted by Gasteiger charge is -2.32. The summed E-state index contributed by atoms with van der Waals surface area (Å²) >= 11 is 0. The van der Waals surface area contributed by atoms with Gasteiger partial charge in [-0.05, 0) is 55.7 Å². The Labute approximate surface area is 119 Å². The summed E-state index contributed by atoms with van der Waals surface area (Å²) < 4.78 is 0. The van der Waals surface area contributed by atoms with Gasteiger partial charge in [-0.1, -0.05) is 0 Å². The first-order valence-corrected chi connectivity index (χ1v) is 7.74. The second-order valence-electron chi connectivity index (χ2n) is 6.52. The highest BCUT2D eigenvalue weighted by molar-refractivity contribution is 5.94. The third-order valence-electron chi connectivity index (χ3n) is 5.30. The van der Waals surface area contributed by atoms with Crippen LogP contribution in [0.25, 0.3) is 0 Å². The number of rotatable bonds is 1. The number of nitrogens with zero attached hydrogens (tertiary/aromatic N) is 2. The molecule has 20 heavy (non-hydrogen) atoms. The summed E-state index contributed by atoms with van der Waals surface area (Å²) in [4.78, 5) is 19.1. The van der Waals surface area contributed by atoms with Gasteiger partial charge in [0.2, 0.25) is 0 Å². The van der Waals surface area contributed by atoms with Crippen LogP contribution in [-0.4, -0.2) is 35.4 Å². The number of likely N-dealkylation sites (tertiary alicyclic amines) is 1. The molecule has 106 valence electrons. The first-order chi connectivity index (χ1) is 9.77. The van der Waals surface area contributed by atoms with Crippen molar-refractivity contribution in [2.24, 2.45) is 5.41 Å². The van der Waals surface area contributed by atoms with Crippen LogP contribution in [0.5, 0.6) is 0 Å². The van der Waals surface area contributed by atoms with Crippen molar-refractivity contribution in [1.82, 2.24) is 15.2 Å². The number of piperidine rings is 1. The Kier molecular flexibility index (Phi) is 2.81. The quantitative estimate of drug-likeness (QED) is 0.846. The van der Waals surface area contributed by atoms with Gasteiger partial charge in [-0.15, -0.1) is 0 Å². The molecule has 2 fully saturated rings. The van der Waals surface area contributed by atoms with Crippen LogP contribution in [0.2, 0.25) is 0 Å². The maximum absolute atomic E-state index is 12.7. The van der Waals surface area contributed by atoms with Crippen LogP contribution in [0.3, 0.4) is 0 Å². The monoisotopic (exact) mass is 271 g/mol. The van der Waals surface area contributed by atoms with Crippen molar-refractivity contribution in [2.75, 3.05) is 19.6 Å². The van der Waals surface area contributed by atoms with Crippen LogP contribution < -0.4 is 5.32 Å². The largest absolute Gasteiger partial charge is 0.337 e. The predicted molar refractivity (Wildman–Crippen MR) is 76.5 cm³/mol. The Morgan fingerprint density at radius 3 is 2.80 bits per heavy atom. The molecule has 3 aliphatic rings. The van der Waals surface area contributed by atoms with Gasteiger partial charge in [0.15, 0.2) is 0 Å². The second-order valence-corrected chi connectivity index (χ2v) is 6.52. The Morgan fingerprint density at radius 1 is 1.25 bits per heavy atom. The standard InChI is InChI=1S/C16H21N3O/c20-15(19-9-5-16(3-4-16)6-10-19)14-13-11-17-7-1-12(13)2-8-18-14/h2,8,17H,1,3-7,9-11H2. The third kappa shape index (κ3) is 2.03. The number of carbonyl (C=O) groups is 1. The van der Waals surface area contributed by atoms with Crippen molar-refractivity contribution < 1.29 is 4.79 Å². The summed E-state index contributed by atoms with van der Waals surface area (Å²) in [6.07, 6.45) is 7.92. The zero-order valence-corrected chi connectivity index (χ0v) is 11.8. The van der Waals surface area contributed by atoms with Gasteiger partial charge in [-0.2, -0.15) is 0 Å². The summed E-state index contributed by atoms with van der Waals surface area (Å²) in [6, 6.07) is 2.06. The normalized spacial score (nSPS) is 23.5. The first kappa shape index (κ1) is 12.3. The molecule has 1 saturated carbocycles. The van der Waals surface area contributed by atoms with Crippen LogP contribution in [0.15, 0.2) is 12.3 Å². The smallest absolute Gasteiger partial charge is 0.272 e. The van der Waals surface area contributed by atoms with E-state index in [1.807, 2.05) is 4.90 Å². The average molecular weight is 271 g/mol. The molecule has 1 aromatic heterocycles. The molecule has 0 radical (unpaired) electrons. The van der Waals surface area contributed by atoms with Gasteiger partial charge >= 0.3 is 0 Å². The van der Waals surface area contributed by atoms with Crippen molar-refractivity contribution in [3.8, 4) is 0 Å². The average Bonchev–Trinajstić information content (AvgIpc) is 3.26. The molecular formula is C16H21N3O. The fourth-order valence-electron chi connectivity index (χ4n) is 3.60. The SMILES string of the molecule is O=C(c1nccc2c1CNCC2)N1CCC2(CC1)CC2. The molecule has 0 atom stereocenters. The van der Waals surface area contributed by atoms with Crippen LogP contribution >= 0.6 is 0 Å². The molecule has 0 bridgehead atoms. The van der Waals surface area contributed by atoms with Crippen molar-refractivity contribution in [3.05, 3.63) is 29.1 Å². The highest BCUT2D eigenvalue weighted by Crippen LogP contribution is 2.53. The molecular weight excluding hydrogens is 250 g/mol. The van der Waals surface area contributed by atoms with Crippen LogP contribution in [-0.2, 0) is 13.0 Å². The van der Waals surface area contributed by atoms with E-state index in [0.717, 1.165) is 38.2 Å². The molecule has 2 aliphatic heterocycles. The Morgan fingerprint density at radius 2 is 2.05 bits per heavy atom. The van der Waals surface area contributed by atoms with Crippen molar-refractivity contribution >= 4 is 5.91 Å². The number of hydrogen-bond donors (Lipinski definition) is 1. The Hall–Kier alpha value is -1.42. The lowest BCUT2D eigenvalue weighted by molar-refractivity contribution is 0.0671. The molecule has 0 aromatic carbocycles. The molecule has 4 nitrogen and oxygen atoms in total. The molecule has 1 amide bonds. The van der Waals surface area contributed by atoms with E-state index in [4.69, 9.17) is 0 Å². The summed E-state index contributed by atoms with van der Waals surface area (Å²) in [7, 11) is 0. The molecule has 4 heteroatoms. The number of amides is 1. The third-order valence-corrected chi connectivity index (χ3v) is 5.30. The minimum absolute atomic E-state index is 0.140. The van der Waals surface area contributed by atoms with Crippen molar-refractivity contribution in [2.45, 2.75) is 38.6 Å². The number of carbonyl (C=O) groups excluding carboxylic acids is 1. The lowest BCUT2D eigenvalue weighted by atomic mass is 9.93. The number of pyridine rings is 1. The summed E-state index contributed by atoms with van der Waals surface area (Å²) in [5.74, 6) is 0.140. The Bertz CT molecular complexity index is 541. The van der Waals surface area contributed by atoms with Crippen LogP contribution in [0.1, 0.15) is 47.3 Å². The van der Waals surface area contributed by atoms with E-state index in [2.05, 4.69) is 16.4 Å². The lowest BCUT2D eigenvalue weighted by Crippen LogP contribution is -2.40. The van der Waals surface area contributed by atoms with E-state index < -0.39 is 0 Å². The van der Waals surface area contributed by atoms with Gasteiger partial charge in [0.05, 0.1) is 0 Å². The number of aromatic nitrogens is 1. The van der Waals surface area contributed by atoms with E-state index >= 15 is 0 Å². The van der Waals surface area contributed by atoms with Crippen molar-refractivity contribution in [3.63, 3.8) is 0 Å². The molecule has 1 aromatic rings. The predicted octanol–water partition coefficient (Wildman–Crippen LogP) is 1.74. The van der Waals surface area contributed by atoms with Crippen molar-refractivity contribution in [1.29, 1.82) is 0 Å². The fourth-order valence-corrected chi connectivity index (χ4v) is 3.60. The highest BCUT2D eigenvalue weighted by Gasteiger charge is 2.45. The molecule has 1 spiro atoms. The zero-order valence-electron chi connectivity index (χ0n) is 11.8. The number of nitrogens with one attached hydrogen (secondary N) is 1. The van der Waals surface area contributed by atoms with E-state index in [-0.39, 0.29) is 5.91 Å². The minimum atomic E-state index is 0.140. The second kappa shape index (κ2) is 4.55. The maximum atomic E-state index is 12.7. The highest BCUT2D eigenvalue weighted by atomic mass is 16.2. The van der Waals surface area contributed by atoms with E-state index in [9.17, 15) is 4.79 Å². The van der Waals surface area contributed by atoms with Gasteiger partial charge < -0.3 is 10.2 Å². The molecule has 1 saturated heterocycles. The van der Waals surface area contributed by atoms with Gasteiger partial charge in [0.1, 0.15) is 5.69 Å². The maximum Gasteiger partial charge on any atom is 0.272 e. The van der Waals surface area contributed by atoms with E-state index in [1.165, 1.54) is 31.2 Å².